The largest absolute Gasteiger partial charge is 2.00 e. The van der Waals surface area contributed by atoms with Crippen LogP contribution in [0.3, 0.4) is 0 Å². The minimum absolute atomic E-state index is 0. The molecule has 10 rings (SSSR count). The zero-order chi connectivity index (χ0) is 31.3. The number of benzene rings is 5. The van der Waals surface area contributed by atoms with E-state index >= 15 is 0 Å². The van der Waals surface area contributed by atoms with Gasteiger partial charge in [-0.3, -0.25) is 4.98 Å². The number of anilines is 3. The van der Waals surface area contributed by atoms with Crippen LogP contribution in [0.4, 0.5) is 17.2 Å². The molecule has 0 saturated heterocycles. The van der Waals surface area contributed by atoms with Gasteiger partial charge in [-0.05, 0) is 29.1 Å². The van der Waals surface area contributed by atoms with Crippen molar-refractivity contribution in [2.45, 2.75) is 19.3 Å². The molecule has 0 atom stereocenters. The number of hydrogen-bond donors (Lipinski definition) is 0. The second kappa shape index (κ2) is 10.7. The number of imidazole rings is 1. The van der Waals surface area contributed by atoms with Crippen molar-refractivity contribution in [3.8, 4) is 11.5 Å². The van der Waals surface area contributed by atoms with Crippen LogP contribution in [0.1, 0.15) is 25.0 Å². The Morgan fingerprint density at radius 1 is 0.688 bits per heavy atom. The van der Waals surface area contributed by atoms with E-state index < -0.39 is 0 Å². The standard InChI is InChI=1S/C41H26N4OS.Pt/c1-41(2)33-19-18-31-30-12-4-6-15-36(30)47-38(31)37(33)45(40-34(41)13-8-20-42-40)25-9-7-10-26(23-25)46-27-16-17-28-29-11-3-5-14-35(29)44-22-21-43-39(44)32(28)24-27;/h3-22H,1-2H3;/q-2;+2. The maximum atomic E-state index is 6.52. The SMILES string of the molecule is CC1(C)c2cccnc2N(c2[c-]c(Oc3[c-]c4c(cc3)c3ccccc3n3ccnc43)ccc2)c2c1ccc1c2sc2ccccc21.[Pt+2]. The molecular formula is C41H26N4OPtS. The summed E-state index contributed by atoms with van der Waals surface area (Å²) in [5, 5.41) is 5.68. The smallest absolute Gasteiger partial charge is 0.503 e. The molecule has 7 heteroatoms. The predicted molar refractivity (Wildman–Crippen MR) is 192 cm³/mol. The number of thiophene rings is 1. The zero-order valence-corrected chi connectivity index (χ0v) is 29.1. The van der Waals surface area contributed by atoms with Crippen molar-refractivity contribution in [3.63, 3.8) is 0 Å². The first-order valence-electron chi connectivity index (χ1n) is 15.7. The fourth-order valence-electron chi connectivity index (χ4n) is 7.32. The van der Waals surface area contributed by atoms with E-state index in [-0.39, 0.29) is 26.5 Å². The molecule has 5 nitrogen and oxygen atoms in total. The van der Waals surface area contributed by atoms with Gasteiger partial charge in [0.05, 0.1) is 16.0 Å². The summed E-state index contributed by atoms with van der Waals surface area (Å²) in [6.45, 7) is 4.59. The molecule has 9 aromatic rings. The van der Waals surface area contributed by atoms with Crippen molar-refractivity contribution in [1.29, 1.82) is 0 Å². The molecule has 5 aromatic carbocycles. The molecule has 0 N–H and O–H groups in total. The summed E-state index contributed by atoms with van der Waals surface area (Å²) in [5.74, 6) is 2.12. The van der Waals surface area contributed by atoms with Crippen LogP contribution in [-0.4, -0.2) is 14.4 Å². The first kappa shape index (κ1) is 29.1. The molecule has 4 aromatic heterocycles. The Hall–Kier alpha value is -5.03. The summed E-state index contributed by atoms with van der Waals surface area (Å²) < 4.78 is 11.1. The third-order valence-corrected chi connectivity index (χ3v) is 10.7. The van der Waals surface area contributed by atoms with Crippen molar-refractivity contribution >= 4 is 76.0 Å². The van der Waals surface area contributed by atoms with Crippen molar-refractivity contribution in [3.05, 3.63) is 145 Å². The molecule has 0 saturated carbocycles. The molecule has 0 bridgehead atoms. The van der Waals surface area contributed by atoms with E-state index in [0.717, 1.165) is 44.5 Å². The third-order valence-electron chi connectivity index (χ3n) is 9.54. The average molecular weight is 818 g/mol. The molecule has 0 spiro atoms. The molecule has 232 valence electrons. The number of hydrogen-bond acceptors (Lipinski definition) is 5. The Morgan fingerprint density at radius 3 is 2.42 bits per heavy atom. The number of fused-ring (bicyclic) bond motifs is 12. The fourth-order valence-corrected chi connectivity index (χ4v) is 8.56. The van der Waals surface area contributed by atoms with E-state index in [9.17, 15) is 0 Å². The van der Waals surface area contributed by atoms with Crippen molar-refractivity contribution in [1.82, 2.24) is 14.4 Å². The van der Waals surface area contributed by atoms with Gasteiger partial charge in [-0.25, -0.2) is 4.98 Å². The fraction of sp³-hybridized carbons (Fsp3) is 0.0732. The van der Waals surface area contributed by atoms with Crippen LogP contribution in [0.25, 0.3) is 47.5 Å². The van der Waals surface area contributed by atoms with Crippen molar-refractivity contribution < 1.29 is 25.8 Å². The molecule has 0 radical (unpaired) electrons. The molecule has 48 heavy (non-hydrogen) atoms. The molecule has 0 amide bonds. The van der Waals surface area contributed by atoms with Crippen LogP contribution >= 0.6 is 11.3 Å². The monoisotopic (exact) mass is 817 g/mol. The van der Waals surface area contributed by atoms with E-state index in [2.05, 4.69) is 119 Å². The summed E-state index contributed by atoms with van der Waals surface area (Å²) >= 11 is 1.83. The van der Waals surface area contributed by atoms with E-state index in [1.807, 2.05) is 54.2 Å². The Balaban J connectivity index is 0.00000314. The summed E-state index contributed by atoms with van der Waals surface area (Å²) in [5.41, 5.74) is 6.18. The van der Waals surface area contributed by atoms with Crippen LogP contribution in [0.15, 0.2) is 122 Å². The number of nitrogens with zero attached hydrogens (tertiary/aromatic N) is 4. The molecule has 1 aliphatic rings. The number of pyridine rings is 2. The van der Waals surface area contributed by atoms with Gasteiger partial charge in [0, 0.05) is 62.1 Å². The topological polar surface area (TPSA) is 42.7 Å². The van der Waals surface area contributed by atoms with Gasteiger partial charge in [0.15, 0.2) is 0 Å². The summed E-state index contributed by atoms with van der Waals surface area (Å²) in [4.78, 5) is 11.9. The van der Waals surface area contributed by atoms with Gasteiger partial charge in [0.1, 0.15) is 5.82 Å². The second-order valence-corrected chi connectivity index (χ2v) is 13.6. The Labute approximate surface area is 295 Å². The van der Waals surface area contributed by atoms with Crippen LogP contribution in [0.5, 0.6) is 11.5 Å². The van der Waals surface area contributed by atoms with Gasteiger partial charge < -0.3 is 14.0 Å². The zero-order valence-electron chi connectivity index (χ0n) is 26.0. The van der Waals surface area contributed by atoms with E-state index in [0.29, 0.717) is 11.5 Å². The van der Waals surface area contributed by atoms with Gasteiger partial charge in [-0.2, -0.15) is 6.07 Å². The predicted octanol–water partition coefficient (Wildman–Crippen LogP) is 10.9. The van der Waals surface area contributed by atoms with E-state index in [1.54, 1.807) is 0 Å². The Morgan fingerprint density at radius 2 is 1.50 bits per heavy atom. The van der Waals surface area contributed by atoms with Crippen LogP contribution in [0.2, 0.25) is 0 Å². The normalized spacial score (nSPS) is 13.6. The average Bonchev–Trinajstić information content (AvgIpc) is 3.75. The van der Waals surface area contributed by atoms with Gasteiger partial charge in [-0.15, -0.1) is 41.7 Å². The summed E-state index contributed by atoms with van der Waals surface area (Å²) in [7, 11) is 0. The minimum Gasteiger partial charge on any atom is -0.503 e. The van der Waals surface area contributed by atoms with Crippen molar-refractivity contribution in [2.75, 3.05) is 4.90 Å². The van der Waals surface area contributed by atoms with Gasteiger partial charge in [0.25, 0.3) is 0 Å². The summed E-state index contributed by atoms with van der Waals surface area (Å²) in [6.07, 6.45) is 5.70. The van der Waals surface area contributed by atoms with E-state index in [1.165, 1.54) is 31.3 Å². The molecule has 0 aliphatic carbocycles. The van der Waals surface area contributed by atoms with Crippen LogP contribution < -0.4 is 9.64 Å². The Bertz CT molecular complexity index is 2730. The van der Waals surface area contributed by atoms with E-state index in [4.69, 9.17) is 9.72 Å². The van der Waals surface area contributed by atoms with Crippen LogP contribution in [-0.2, 0) is 26.5 Å². The van der Waals surface area contributed by atoms with Gasteiger partial charge in [0.2, 0.25) is 0 Å². The number of ether oxygens (including phenoxy) is 1. The molecule has 5 heterocycles. The van der Waals surface area contributed by atoms with Crippen LogP contribution in [0, 0.1) is 12.1 Å². The number of aromatic nitrogens is 3. The molecule has 0 fully saturated rings. The first-order valence-corrected chi connectivity index (χ1v) is 16.5. The van der Waals surface area contributed by atoms with Gasteiger partial charge >= 0.3 is 21.1 Å². The number of rotatable bonds is 3. The maximum Gasteiger partial charge on any atom is 2.00 e. The minimum atomic E-state index is -0.240. The number of para-hydroxylation sites is 1. The van der Waals surface area contributed by atoms with Crippen molar-refractivity contribution in [2.24, 2.45) is 0 Å². The first-order chi connectivity index (χ1) is 23.1. The molecule has 0 unspecified atom stereocenters. The summed E-state index contributed by atoms with van der Waals surface area (Å²) in [6, 6.07) is 43.1. The molecule has 1 aliphatic heterocycles. The molecular weight excluding hydrogens is 792 g/mol. The third kappa shape index (κ3) is 4.12. The maximum absolute atomic E-state index is 6.52. The quantitative estimate of drug-likeness (QED) is 0.132. The second-order valence-electron chi connectivity index (χ2n) is 12.5. The van der Waals surface area contributed by atoms with Gasteiger partial charge in [-0.1, -0.05) is 91.0 Å². The Kier molecular flexibility index (Phi) is 6.52.